The first-order chi connectivity index (χ1) is 16.3. The molecule has 0 aromatic heterocycles. The monoisotopic (exact) mass is 484 g/mol. The van der Waals surface area contributed by atoms with Crippen molar-refractivity contribution in [3.63, 3.8) is 0 Å². The molecular weight excluding hydrogens is 456 g/mol. The Morgan fingerprint density at radius 3 is 2.24 bits per heavy atom. The number of nitriles is 1. The van der Waals surface area contributed by atoms with E-state index in [1.165, 1.54) is 4.31 Å². The lowest BCUT2D eigenvalue weighted by Gasteiger charge is -2.32. The molecule has 2 saturated heterocycles. The van der Waals surface area contributed by atoms with E-state index in [2.05, 4.69) is 11.4 Å². The fourth-order valence-electron chi connectivity index (χ4n) is 3.85. The first-order valence-electron chi connectivity index (χ1n) is 11.3. The van der Waals surface area contributed by atoms with Crippen molar-refractivity contribution in [2.45, 2.75) is 37.3 Å². The van der Waals surface area contributed by atoms with Crippen LogP contribution < -0.4 is 15.2 Å². The molecule has 0 aliphatic carbocycles. The number of nitrogens with zero attached hydrogens (tertiary/aromatic N) is 2. The summed E-state index contributed by atoms with van der Waals surface area (Å²) in [6, 6.07) is 15.9. The molecule has 2 aliphatic heterocycles. The third-order valence-electron chi connectivity index (χ3n) is 6.21. The predicted octanol–water partition coefficient (Wildman–Crippen LogP) is 1.74. The van der Waals surface area contributed by atoms with E-state index in [9.17, 15) is 18.5 Å². The second-order valence-electron chi connectivity index (χ2n) is 8.64. The van der Waals surface area contributed by atoms with Gasteiger partial charge in [-0.3, -0.25) is 4.79 Å². The van der Waals surface area contributed by atoms with Crippen LogP contribution >= 0.6 is 0 Å². The Morgan fingerprint density at radius 1 is 1.12 bits per heavy atom. The van der Waals surface area contributed by atoms with E-state index in [-0.39, 0.29) is 11.7 Å². The molecule has 34 heavy (non-hydrogen) atoms. The molecule has 2 aromatic rings. The molecule has 9 nitrogen and oxygen atoms in total. The summed E-state index contributed by atoms with van der Waals surface area (Å²) in [5.41, 5.74) is 7.94. The Kier molecular flexibility index (Phi) is 7.19. The van der Waals surface area contributed by atoms with Crippen LogP contribution in [0.25, 0.3) is 11.1 Å². The summed E-state index contributed by atoms with van der Waals surface area (Å²) in [6.45, 7) is 1.85. The molecule has 4 rings (SSSR count). The van der Waals surface area contributed by atoms with Gasteiger partial charge in [-0.25, -0.2) is 0 Å². The SMILES string of the molecule is N#C[C@H](Cc1ccc(-c2ccc(OS(=O)(=O)N3CCC3)cc2)cc1)NC(=O)C1(N)CCOCC1. The quantitative estimate of drug-likeness (QED) is 0.583. The maximum atomic E-state index is 12.6. The molecule has 0 unspecified atom stereocenters. The van der Waals surface area contributed by atoms with Crippen LogP contribution in [0.2, 0.25) is 0 Å². The molecule has 2 fully saturated rings. The average molecular weight is 485 g/mol. The van der Waals surface area contributed by atoms with Gasteiger partial charge in [-0.2, -0.15) is 18.0 Å². The van der Waals surface area contributed by atoms with E-state index in [1.54, 1.807) is 24.3 Å². The minimum Gasteiger partial charge on any atom is -0.381 e. The standard InChI is InChI=1S/C24H28N4O5S/c25-17-21(27-23(29)24(26)10-14-32-15-11-24)16-18-2-4-19(5-3-18)20-6-8-22(9-7-20)33-34(30,31)28-12-1-13-28/h2-9,21H,1,10-16,26H2,(H,27,29)/t21-/m0/s1. The van der Waals surface area contributed by atoms with E-state index >= 15 is 0 Å². The third kappa shape index (κ3) is 5.56. The Bertz CT molecular complexity index is 1150. The molecule has 1 amide bonds. The van der Waals surface area contributed by atoms with Crippen LogP contribution in [0.15, 0.2) is 48.5 Å². The van der Waals surface area contributed by atoms with Crippen LogP contribution in [0.3, 0.4) is 0 Å². The van der Waals surface area contributed by atoms with Crippen molar-refractivity contribution in [3.05, 3.63) is 54.1 Å². The first kappa shape index (κ1) is 24.2. The number of amides is 1. The van der Waals surface area contributed by atoms with Crippen molar-refractivity contribution < 1.29 is 22.1 Å². The molecule has 0 spiro atoms. The van der Waals surface area contributed by atoms with E-state index in [0.717, 1.165) is 23.1 Å². The number of carbonyl (C=O) groups excluding carboxylic acids is 1. The highest BCUT2D eigenvalue weighted by molar-refractivity contribution is 7.84. The Labute approximate surface area is 199 Å². The van der Waals surface area contributed by atoms with Gasteiger partial charge in [0.25, 0.3) is 0 Å². The largest absolute Gasteiger partial charge is 0.385 e. The molecule has 2 aromatic carbocycles. The highest BCUT2D eigenvalue weighted by Crippen LogP contribution is 2.25. The number of hydrogen-bond donors (Lipinski definition) is 2. The van der Waals surface area contributed by atoms with Crippen LogP contribution in [0, 0.1) is 11.3 Å². The van der Waals surface area contributed by atoms with Crippen LogP contribution in [-0.4, -0.2) is 56.5 Å². The summed E-state index contributed by atoms with van der Waals surface area (Å²) < 4.78 is 36.0. The molecule has 180 valence electrons. The third-order valence-corrected chi connectivity index (χ3v) is 7.61. The molecule has 3 N–H and O–H groups in total. The summed E-state index contributed by atoms with van der Waals surface area (Å²) >= 11 is 0. The highest BCUT2D eigenvalue weighted by atomic mass is 32.2. The van der Waals surface area contributed by atoms with E-state index in [4.69, 9.17) is 14.7 Å². The number of nitrogens with one attached hydrogen (secondary N) is 1. The van der Waals surface area contributed by atoms with Crippen molar-refractivity contribution in [2.75, 3.05) is 26.3 Å². The van der Waals surface area contributed by atoms with Crippen molar-refractivity contribution in [1.82, 2.24) is 9.62 Å². The second kappa shape index (κ2) is 10.1. The van der Waals surface area contributed by atoms with Crippen LogP contribution in [0.4, 0.5) is 0 Å². The lowest BCUT2D eigenvalue weighted by molar-refractivity contribution is -0.130. The summed E-state index contributed by atoms with van der Waals surface area (Å²) in [5, 5.41) is 12.3. The van der Waals surface area contributed by atoms with Crippen molar-refractivity contribution >= 4 is 16.2 Å². The molecule has 1 atom stereocenters. The van der Waals surface area contributed by atoms with E-state index in [1.807, 2.05) is 24.3 Å². The molecule has 2 heterocycles. The number of ether oxygens (including phenoxy) is 1. The Hall–Kier alpha value is -2.97. The maximum Gasteiger partial charge on any atom is 0.385 e. The number of rotatable bonds is 8. The predicted molar refractivity (Wildman–Crippen MR) is 126 cm³/mol. The Morgan fingerprint density at radius 2 is 1.71 bits per heavy atom. The molecule has 0 radical (unpaired) electrons. The molecule has 10 heteroatoms. The number of hydrogen-bond acceptors (Lipinski definition) is 7. The van der Waals surface area contributed by atoms with Crippen LogP contribution in [0.5, 0.6) is 5.75 Å². The highest BCUT2D eigenvalue weighted by Gasteiger charge is 2.36. The van der Waals surface area contributed by atoms with Gasteiger partial charge in [-0.15, -0.1) is 0 Å². The fourth-order valence-corrected chi connectivity index (χ4v) is 5.02. The lowest BCUT2D eigenvalue weighted by atomic mass is 9.90. The normalized spacial score (nSPS) is 18.8. The Balaban J connectivity index is 1.35. The topological polar surface area (TPSA) is 135 Å². The van der Waals surface area contributed by atoms with Gasteiger partial charge in [0.2, 0.25) is 5.91 Å². The van der Waals surface area contributed by atoms with Crippen molar-refractivity contribution in [3.8, 4) is 22.9 Å². The maximum absolute atomic E-state index is 12.6. The van der Waals surface area contributed by atoms with Gasteiger partial charge >= 0.3 is 10.3 Å². The van der Waals surface area contributed by atoms with Gasteiger partial charge < -0.3 is 20.0 Å². The van der Waals surface area contributed by atoms with Crippen LogP contribution in [0.1, 0.15) is 24.8 Å². The van der Waals surface area contributed by atoms with Gasteiger partial charge in [0.05, 0.1) is 11.6 Å². The van der Waals surface area contributed by atoms with Gasteiger partial charge in [0.1, 0.15) is 11.8 Å². The van der Waals surface area contributed by atoms with Crippen molar-refractivity contribution in [2.24, 2.45) is 5.73 Å². The zero-order valence-corrected chi connectivity index (χ0v) is 19.6. The van der Waals surface area contributed by atoms with Gasteiger partial charge in [-0.05, 0) is 48.1 Å². The molecular formula is C24H28N4O5S. The number of nitrogens with two attached hydrogens (primary N) is 1. The minimum absolute atomic E-state index is 0.266. The lowest BCUT2D eigenvalue weighted by Crippen LogP contribution is -2.58. The van der Waals surface area contributed by atoms with Gasteiger partial charge in [-0.1, -0.05) is 36.4 Å². The number of carbonyl (C=O) groups is 1. The molecule has 0 bridgehead atoms. The second-order valence-corrected chi connectivity index (χ2v) is 10.2. The smallest absolute Gasteiger partial charge is 0.381 e. The van der Waals surface area contributed by atoms with E-state index in [0.29, 0.717) is 45.6 Å². The summed E-state index contributed by atoms with van der Waals surface area (Å²) in [6.07, 6.45) is 2.07. The fraction of sp³-hybridized carbons (Fsp3) is 0.417. The summed E-state index contributed by atoms with van der Waals surface area (Å²) in [4.78, 5) is 12.6. The van der Waals surface area contributed by atoms with Crippen LogP contribution in [-0.2, 0) is 26.3 Å². The van der Waals surface area contributed by atoms with E-state index < -0.39 is 21.9 Å². The minimum atomic E-state index is -3.73. The summed E-state index contributed by atoms with van der Waals surface area (Å²) in [5.74, 6) is -0.0560. The molecule has 0 saturated carbocycles. The zero-order chi connectivity index (χ0) is 24.2. The zero-order valence-electron chi connectivity index (χ0n) is 18.8. The first-order valence-corrected chi connectivity index (χ1v) is 12.6. The average Bonchev–Trinajstić information content (AvgIpc) is 2.78. The summed E-state index contributed by atoms with van der Waals surface area (Å²) in [7, 11) is -3.73. The molecule has 2 aliphatic rings. The van der Waals surface area contributed by atoms with Crippen molar-refractivity contribution in [1.29, 1.82) is 5.26 Å². The van der Waals surface area contributed by atoms with Gasteiger partial charge in [0, 0.05) is 32.7 Å². The number of benzene rings is 2. The van der Waals surface area contributed by atoms with Gasteiger partial charge in [0.15, 0.2) is 0 Å².